The van der Waals surface area contributed by atoms with Gasteiger partial charge < -0.3 is 14.9 Å². The van der Waals surface area contributed by atoms with Gasteiger partial charge in [-0.25, -0.2) is 0 Å². The minimum absolute atomic E-state index is 0. The smallest absolute Gasteiger partial charge is 0.0620 e. The molecule has 6 aromatic rings. The summed E-state index contributed by atoms with van der Waals surface area (Å²) in [5.74, 6) is 0. The van der Waals surface area contributed by atoms with Gasteiger partial charge in [-0.2, -0.15) is 0 Å². The van der Waals surface area contributed by atoms with Crippen LogP contribution in [0.1, 0.15) is 0 Å². The van der Waals surface area contributed by atoms with E-state index in [1.54, 1.807) is 0 Å². The van der Waals surface area contributed by atoms with Crippen molar-refractivity contribution in [1.82, 2.24) is 0 Å². The molecule has 0 nitrogen and oxygen atoms in total. The van der Waals surface area contributed by atoms with E-state index in [4.69, 9.17) is 0 Å². The third-order valence-electron chi connectivity index (χ3n) is 6.37. The average molecular weight is 661 g/mol. The van der Waals surface area contributed by atoms with E-state index in [9.17, 15) is 0 Å². The standard InChI is InChI=1S/2C18H15P.2CH3.Rh.H/c2*1-4-10-16(11-5-1)19(17-12-6-2-7-13-17)18-14-8-3-9-15-18;;;;/h2*1-15H;2*1H3;;/q;;2*-1;+2;/p+2. The van der Waals surface area contributed by atoms with Crippen LogP contribution in [0, 0.1) is 14.9 Å². The molecule has 0 bridgehead atoms. The Morgan fingerprint density at radius 2 is 0.341 bits per heavy atom. The van der Waals surface area contributed by atoms with Gasteiger partial charge in [0.2, 0.25) is 0 Å². The molecule has 0 N–H and O–H groups in total. The Labute approximate surface area is 262 Å². The molecule has 208 valence electrons. The average Bonchev–Trinajstić information content (AvgIpc) is 3.01. The first-order chi connectivity index (χ1) is 18.9. The quantitative estimate of drug-likeness (QED) is 0.103. The van der Waals surface area contributed by atoms with Gasteiger partial charge in [-0.05, 0) is 72.8 Å². The van der Waals surface area contributed by atoms with Crippen molar-refractivity contribution in [2.24, 2.45) is 0 Å². The molecular weight excluding hydrogens is 621 g/mol. The van der Waals surface area contributed by atoms with Gasteiger partial charge in [0, 0.05) is 0 Å². The summed E-state index contributed by atoms with van der Waals surface area (Å²) < 4.78 is 0. The monoisotopic (exact) mass is 660 g/mol. The molecule has 6 aromatic carbocycles. The summed E-state index contributed by atoms with van der Waals surface area (Å²) in [4.78, 5) is 0. The topological polar surface area (TPSA) is 0 Å². The summed E-state index contributed by atoms with van der Waals surface area (Å²) in [5.41, 5.74) is 0. The second-order valence-electron chi connectivity index (χ2n) is 8.95. The molecule has 0 fully saturated rings. The maximum atomic E-state index is 2.24. The molecule has 0 amide bonds. The van der Waals surface area contributed by atoms with E-state index in [0.717, 1.165) is 0 Å². The van der Waals surface area contributed by atoms with E-state index >= 15 is 0 Å². The van der Waals surface area contributed by atoms with E-state index in [1.165, 1.54) is 31.8 Å². The maximum absolute atomic E-state index is 2.24. The molecule has 0 aromatic heterocycles. The van der Waals surface area contributed by atoms with Gasteiger partial charge in [0.1, 0.15) is 31.8 Å². The Morgan fingerprint density at radius 1 is 0.220 bits per heavy atom. The Hall–Kier alpha value is -3.20. The van der Waals surface area contributed by atoms with Crippen LogP contribution in [0.2, 0.25) is 0 Å². The molecule has 0 heterocycles. The van der Waals surface area contributed by atoms with Crippen molar-refractivity contribution in [2.45, 2.75) is 0 Å². The van der Waals surface area contributed by atoms with Crippen LogP contribution in [-0.2, 0) is 19.5 Å². The van der Waals surface area contributed by atoms with Gasteiger partial charge in [-0.3, -0.25) is 0 Å². The Balaban J connectivity index is 0.000000267. The van der Waals surface area contributed by atoms with Crippen LogP contribution in [0.15, 0.2) is 182 Å². The zero-order chi connectivity index (χ0) is 25.8. The second-order valence-corrected chi connectivity index (χ2v) is 13.9. The molecule has 0 aliphatic rings. The van der Waals surface area contributed by atoms with Crippen LogP contribution < -0.4 is 31.8 Å². The van der Waals surface area contributed by atoms with Crippen molar-refractivity contribution in [2.75, 3.05) is 0 Å². The van der Waals surface area contributed by atoms with Crippen molar-refractivity contribution < 1.29 is 19.5 Å². The molecule has 0 saturated heterocycles. The number of hydrogen-bond acceptors (Lipinski definition) is 0. The predicted molar refractivity (Wildman–Crippen MR) is 187 cm³/mol. The molecule has 6 rings (SSSR count). The Morgan fingerprint density at radius 3 is 0.463 bits per heavy atom. The van der Waals surface area contributed by atoms with Crippen molar-refractivity contribution in [1.29, 1.82) is 0 Å². The minimum Gasteiger partial charge on any atom is -0.0620 e. The van der Waals surface area contributed by atoms with Crippen molar-refractivity contribution in [3.8, 4) is 0 Å². The minimum atomic E-state index is -0.877. The molecule has 41 heavy (non-hydrogen) atoms. The van der Waals surface area contributed by atoms with Crippen LogP contribution >= 0.6 is 15.8 Å². The molecule has 0 saturated carbocycles. The molecular formula is C38H39P2Rh+2. The molecule has 0 aliphatic heterocycles. The van der Waals surface area contributed by atoms with E-state index in [2.05, 4.69) is 182 Å². The summed E-state index contributed by atoms with van der Waals surface area (Å²) in [6.45, 7) is 0. The van der Waals surface area contributed by atoms with Gasteiger partial charge in [0.25, 0.3) is 0 Å². The summed E-state index contributed by atoms with van der Waals surface area (Å²) in [6, 6.07) is 65.0. The van der Waals surface area contributed by atoms with Gasteiger partial charge in [0.05, 0.1) is 15.8 Å². The van der Waals surface area contributed by atoms with E-state index < -0.39 is 15.8 Å². The number of benzene rings is 6. The zero-order valence-electron chi connectivity index (χ0n) is 23.7. The number of rotatable bonds is 6. The van der Waals surface area contributed by atoms with Crippen LogP contribution in [0.25, 0.3) is 0 Å². The van der Waals surface area contributed by atoms with E-state index in [1.807, 2.05) is 0 Å². The summed E-state index contributed by atoms with van der Waals surface area (Å²) in [7, 11) is -1.75. The third kappa shape index (κ3) is 9.42. The van der Waals surface area contributed by atoms with Crippen LogP contribution in [-0.4, -0.2) is 0 Å². The van der Waals surface area contributed by atoms with Crippen molar-refractivity contribution in [3.05, 3.63) is 197 Å². The zero-order valence-corrected chi connectivity index (χ0v) is 27.4. The first-order valence-corrected chi connectivity index (χ1v) is 16.0. The summed E-state index contributed by atoms with van der Waals surface area (Å²) in [5, 5.41) is 8.61. The van der Waals surface area contributed by atoms with Crippen LogP contribution in [0.4, 0.5) is 0 Å². The van der Waals surface area contributed by atoms with Gasteiger partial charge in [-0.15, -0.1) is 0 Å². The normalized spacial score (nSPS) is 9.80. The van der Waals surface area contributed by atoms with Gasteiger partial charge >= 0.3 is 19.5 Å². The Bertz CT molecular complexity index is 1170. The van der Waals surface area contributed by atoms with Gasteiger partial charge in [-0.1, -0.05) is 109 Å². The Kier molecular flexibility index (Phi) is 15.2. The molecule has 0 spiro atoms. The third-order valence-corrected chi connectivity index (χ3v) is 11.8. The summed E-state index contributed by atoms with van der Waals surface area (Å²) in [6.07, 6.45) is 0. The van der Waals surface area contributed by atoms with Crippen molar-refractivity contribution >= 4 is 47.7 Å². The fourth-order valence-corrected chi connectivity index (χ4v) is 9.78. The van der Waals surface area contributed by atoms with E-state index in [0.29, 0.717) is 0 Å². The summed E-state index contributed by atoms with van der Waals surface area (Å²) >= 11 is 0. The second kappa shape index (κ2) is 18.3. The predicted octanol–water partition coefficient (Wildman–Crippen LogP) is 6.98. The molecule has 0 unspecified atom stereocenters. The van der Waals surface area contributed by atoms with Gasteiger partial charge in [0.15, 0.2) is 0 Å². The largest absolute Gasteiger partial charge is 0.102 e. The number of hydrogen-bond donors (Lipinski definition) is 0. The first-order valence-electron chi connectivity index (χ1n) is 13.0. The fourth-order valence-electron chi connectivity index (χ4n) is 4.63. The molecule has 0 aliphatic carbocycles. The molecule has 0 atom stereocenters. The van der Waals surface area contributed by atoms with Crippen LogP contribution in [0.5, 0.6) is 0 Å². The van der Waals surface area contributed by atoms with Crippen molar-refractivity contribution in [3.63, 3.8) is 0 Å². The molecule has 1 radical (unpaired) electrons. The molecule has 3 heteroatoms. The first kappa shape index (κ1) is 34.0. The SMILES string of the molecule is [CH3-].[CH3-].[RhH+2].c1ccc([PH+](c2ccccc2)c2ccccc2)cc1.c1ccc([PH+](c2ccccc2)c2ccccc2)cc1. The van der Waals surface area contributed by atoms with E-state index in [-0.39, 0.29) is 34.3 Å². The van der Waals surface area contributed by atoms with Crippen LogP contribution in [0.3, 0.4) is 0 Å². The maximum Gasteiger partial charge on any atom is 0.102 e. The fraction of sp³-hybridized carbons (Fsp3) is 0.